The molecule has 2 rings (SSSR count). The first-order valence-corrected chi connectivity index (χ1v) is 14.7. The molecule has 0 unspecified atom stereocenters. The molecule has 0 saturated heterocycles. The van der Waals surface area contributed by atoms with Gasteiger partial charge in [-0.05, 0) is 54.3 Å². The molecule has 0 N–H and O–H groups in total. The molecule has 0 aliphatic heterocycles. The van der Waals surface area contributed by atoms with Crippen molar-refractivity contribution < 1.29 is 21.8 Å². The van der Waals surface area contributed by atoms with E-state index in [9.17, 15) is 17.6 Å². The van der Waals surface area contributed by atoms with Crippen molar-refractivity contribution in [1.82, 2.24) is 4.90 Å². The molecule has 200 valence electrons. The lowest BCUT2D eigenvalue weighted by Gasteiger charge is -2.25. The van der Waals surface area contributed by atoms with Crippen LogP contribution in [-0.2, 0) is 21.5 Å². The highest BCUT2D eigenvalue weighted by atomic mass is 32.2. The van der Waals surface area contributed by atoms with E-state index in [2.05, 4.69) is 20.8 Å². The first-order chi connectivity index (χ1) is 17.2. The highest BCUT2D eigenvalue weighted by Crippen LogP contribution is 2.21. The number of carbonyl (C=O) groups excluding carboxylic acids is 1. The summed E-state index contributed by atoms with van der Waals surface area (Å²) < 4.78 is 43.1. The Balaban J connectivity index is 1.85. The number of halogens is 1. The van der Waals surface area contributed by atoms with Gasteiger partial charge >= 0.3 is 10.1 Å². The maximum absolute atomic E-state index is 13.1. The van der Waals surface area contributed by atoms with Crippen LogP contribution in [0.2, 0.25) is 0 Å². The molecule has 7 heteroatoms. The number of benzene rings is 2. The molecule has 0 aliphatic carbocycles. The van der Waals surface area contributed by atoms with Crippen molar-refractivity contribution in [2.45, 2.75) is 96.4 Å². The van der Waals surface area contributed by atoms with Crippen molar-refractivity contribution in [2.75, 3.05) is 6.54 Å². The van der Waals surface area contributed by atoms with E-state index in [0.29, 0.717) is 25.4 Å². The molecule has 2 aromatic rings. The van der Waals surface area contributed by atoms with E-state index < -0.39 is 15.9 Å². The molecule has 0 fully saturated rings. The van der Waals surface area contributed by atoms with Gasteiger partial charge in [0, 0.05) is 19.5 Å². The van der Waals surface area contributed by atoms with Crippen molar-refractivity contribution >= 4 is 16.0 Å². The Morgan fingerprint density at radius 1 is 0.861 bits per heavy atom. The zero-order valence-corrected chi connectivity index (χ0v) is 22.9. The summed E-state index contributed by atoms with van der Waals surface area (Å²) in [5, 5.41) is 0. The van der Waals surface area contributed by atoms with Crippen LogP contribution in [0.1, 0.15) is 90.5 Å². The number of nitrogens with zero attached hydrogens (tertiary/aromatic N) is 1. The Morgan fingerprint density at radius 3 is 1.97 bits per heavy atom. The number of carbonyl (C=O) groups is 1. The monoisotopic (exact) mass is 519 g/mol. The normalized spacial score (nSPS) is 11.6. The lowest BCUT2D eigenvalue weighted by atomic mass is 10.1. The standard InChI is InChI=1S/C29H42FNO4S/c1-4-5-6-7-8-9-10-11-12-13-29(32)31(22-24(2)3)23-25-14-18-27(19-15-25)35-36(33,34)28-20-16-26(30)17-21-28/h14-21,24H,4-13,22-23H2,1-3H3. The van der Waals surface area contributed by atoms with Gasteiger partial charge in [0.2, 0.25) is 5.91 Å². The van der Waals surface area contributed by atoms with Crippen LogP contribution in [0.15, 0.2) is 53.4 Å². The van der Waals surface area contributed by atoms with Gasteiger partial charge in [0.15, 0.2) is 0 Å². The molecule has 36 heavy (non-hydrogen) atoms. The number of hydrogen-bond acceptors (Lipinski definition) is 4. The van der Waals surface area contributed by atoms with Crippen LogP contribution in [0.3, 0.4) is 0 Å². The van der Waals surface area contributed by atoms with Gasteiger partial charge in [-0.3, -0.25) is 4.79 Å². The van der Waals surface area contributed by atoms with E-state index in [0.717, 1.165) is 30.5 Å². The summed E-state index contributed by atoms with van der Waals surface area (Å²) in [5.41, 5.74) is 0.905. The van der Waals surface area contributed by atoms with Crippen molar-refractivity contribution in [2.24, 2.45) is 5.92 Å². The Bertz CT molecular complexity index is 1000. The average Bonchev–Trinajstić information content (AvgIpc) is 2.83. The number of rotatable bonds is 17. The van der Waals surface area contributed by atoms with Gasteiger partial charge in [0.25, 0.3) is 0 Å². The average molecular weight is 520 g/mol. The molecule has 0 saturated carbocycles. The molecule has 0 atom stereocenters. The largest absolute Gasteiger partial charge is 0.379 e. The highest BCUT2D eigenvalue weighted by molar-refractivity contribution is 7.87. The second kappa shape index (κ2) is 15.6. The van der Waals surface area contributed by atoms with Crippen LogP contribution in [0.25, 0.3) is 0 Å². The smallest absolute Gasteiger partial charge is 0.339 e. The zero-order valence-electron chi connectivity index (χ0n) is 22.0. The molecule has 2 aromatic carbocycles. The summed E-state index contributed by atoms with van der Waals surface area (Å²) in [6.45, 7) is 7.56. The van der Waals surface area contributed by atoms with Crippen molar-refractivity contribution in [3.63, 3.8) is 0 Å². The van der Waals surface area contributed by atoms with Gasteiger partial charge < -0.3 is 9.08 Å². The second-order valence-electron chi connectivity index (χ2n) is 9.88. The highest BCUT2D eigenvalue weighted by Gasteiger charge is 2.18. The first kappa shape index (κ1) is 29.8. The fourth-order valence-corrected chi connectivity index (χ4v) is 5.02. The van der Waals surface area contributed by atoms with Gasteiger partial charge in [-0.15, -0.1) is 0 Å². The molecule has 0 aromatic heterocycles. The lowest BCUT2D eigenvalue weighted by Crippen LogP contribution is -2.33. The molecule has 0 bridgehead atoms. The van der Waals surface area contributed by atoms with E-state index in [1.54, 1.807) is 24.3 Å². The van der Waals surface area contributed by atoms with Crippen molar-refractivity contribution in [3.8, 4) is 5.75 Å². The predicted octanol–water partition coefficient (Wildman–Crippen LogP) is 7.50. The van der Waals surface area contributed by atoms with Gasteiger partial charge in [0.05, 0.1) is 0 Å². The van der Waals surface area contributed by atoms with Gasteiger partial charge in [0.1, 0.15) is 16.5 Å². The lowest BCUT2D eigenvalue weighted by molar-refractivity contribution is -0.132. The summed E-state index contributed by atoms with van der Waals surface area (Å²) in [4.78, 5) is 14.7. The minimum Gasteiger partial charge on any atom is -0.379 e. The minimum atomic E-state index is -4.05. The summed E-state index contributed by atoms with van der Waals surface area (Å²) >= 11 is 0. The van der Waals surface area contributed by atoms with Crippen LogP contribution >= 0.6 is 0 Å². The minimum absolute atomic E-state index is 0.113. The summed E-state index contributed by atoms with van der Waals surface area (Å²) in [6.07, 6.45) is 11.5. The van der Waals surface area contributed by atoms with Gasteiger partial charge in [-0.25, -0.2) is 4.39 Å². The third-order valence-corrected chi connectivity index (χ3v) is 7.30. The van der Waals surface area contributed by atoms with Crippen molar-refractivity contribution in [1.29, 1.82) is 0 Å². The Morgan fingerprint density at radius 2 is 1.42 bits per heavy atom. The van der Waals surface area contributed by atoms with E-state index in [-0.39, 0.29) is 16.6 Å². The number of unbranched alkanes of at least 4 members (excludes halogenated alkanes) is 8. The quantitative estimate of drug-likeness (QED) is 0.160. The first-order valence-electron chi connectivity index (χ1n) is 13.3. The van der Waals surface area contributed by atoms with Crippen LogP contribution in [0.4, 0.5) is 4.39 Å². The van der Waals surface area contributed by atoms with Crippen LogP contribution < -0.4 is 4.18 Å². The van der Waals surface area contributed by atoms with Crippen LogP contribution in [0.5, 0.6) is 5.75 Å². The van der Waals surface area contributed by atoms with Gasteiger partial charge in [-0.2, -0.15) is 8.42 Å². The number of amides is 1. The van der Waals surface area contributed by atoms with E-state index >= 15 is 0 Å². The van der Waals surface area contributed by atoms with E-state index in [1.807, 2.05) is 4.90 Å². The van der Waals surface area contributed by atoms with E-state index in [1.165, 1.54) is 57.1 Å². The summed E-state index contributed by atoms with van der Waals surface area (Å²) in [5.74, 6) is 0.155. The predicted molar refractivity (Wildman–Crippen MR) is 143 cm³/mol. The Hall–Kier alpha value is -2.41. The Labute approximate surface area is 217 Å². The maximum atomic E-state index is 13.1. The Kier molecular flexibility index (Phi) is 13.0. The summed E-state index contributed by atoms with van der Waals surface area (Å²) in [6, 6.07) is 11.2. The fraction of sp³-hybridized carbons (Fsp3) is 0.552. The number of hydrogen-bond donors (Lipinski definition) is 0. The molecule has 0 spiro atoms. The molecule has 5 nitrogen and oxygen atoms in total. The molecule has 0 radical (unpaired) electrons. The van der Waals surface area contributed by atoms with Crippen LogP contribution in [-0.4, -0.2) is 25.8 Å². The fourth-order valence-electron chi connectivity index (χ4n) is 4.09. The molecule has 0 aliphatic rings. The SMILES string of the molecule is CCCCCCCCCCCC(=O)N(Cc1ccc(OS(=O)(=O)c2ccc(F)cc2)cc1)CC(C)C. The van der Waals surface area contributed by atoms with Crippen LogP contribution in [0, 0.1) is 11.7 Å². The summed E-state index contributed by atoms with van der Waals surface area (Å²) in [7, 11) is -4.05. The molecule has 0 heterocycles. The molecule has 1 amide bonds. The molecular weight excluding hydrogens is 477 g/mol. The topological polar surface area (TPSA) is 63.7 Å². The second-order valence-corrected chi connectivity index (χ2v) is 11.4. The van der Waals surface area contributed by atoms with E-state index in [4.69, 9.17) is 4.18 Å². The third-order valence-electron chi connectivity index (χ3n) is 6.04. The molecular formula is C29H42FNO4S. The van der Waals surface area contributed by atoms with Crippen molar-refractivity contribution in [3.05, 3.63) is 59.9 Å². The van der Waals surface area contributed by atoms with Gasteiger partial charge in [-0.1, -0.05) is 84.3 Å². The third kappa shape index (κ3) is 11.1. The maximum Gasteiger partial charge on any atom is 0.339 e. The zero-order chi connectivity index (χ0) is 26.4.